The van der Waals surface area contributed by atoms with Crippen molar-refractivity contribution < 1.29 is 0 Å². The van der Waals surface area contributed by atoms with Crippen molar-refractivity contribution in [1.29, 1.82) is 0 Å². The van der Waals surface area contributed by atoms with Crippen molar-refractivity contribution >= 4 is 22.2 Å². The number of nitrogens with one attached hydrogen (secondary N) is 2. The van der Waals surface area contributed by atoms with Crippen LogP contribution >= 0.6 is 11.3 Å². The van der Waals surface area contributed by atoms with E-state index in [9.17, 15) is 0 Å². The average Bonchev–Trinajstić information content (AvgIpc) is 3.27. The first-order valence-electron chi connectivity index (χ1n) is 8.24. The third kappa shape index (κ3) is 2.19. The molecule has 5 rings (SSSR count). The number of fused-ring (bicyclic) bond motifs is 3. The molecule has 2 aromatic carbocycles. The monoisotopic (exact) mass is 331 g/mol. The van der Waals surface area contributed by atoms with Gasteiger partial charge >= 0.3 is 0 Å². The van der Waals surface area contributed by atoms with Gasteiger partial charge in [-0.3, -0.25) is 0 Å². The Morgan fingerprint density at radius 3 is 2.75 bits per heavy atom. The first kappa shape index (κ1) is 14.0. The molecule has 2 aromatic heterocycles. The summed E-state index contributed by atoms with van der Waals surface area (Å²) < 4.78 is 0. The zero-order valence-electron chi connectivity index (χ0n) is 13.1. The van der Waals surface area contributed by atoms with E-state index in [0.29, 0.717) is 0 Å². The number of aromatic nitrogens is 2. The van der Waals surface area contributed by atoms with Crippen molar-refractivity contribution in [2.24, 2.45) is 0 Å². The van der Waals surface area contributed by atoms with Gasteiger partial charge in [-0.1, -0.05) is 48.5 Å². The lowest BCUT2D eigenvalue weighted by molar-refractivity contribution is 0.552. The summed E-state index contributed by atoms with van der Waals surface area (Å²) in [6.07, 6.45) is 1.06. The van der Waals surface area contributed by atoms with Crippen molar-refractivity contribution in [3.63, 3.8) is 0 Å². The van der Waals surface area contributed by atoms with Crippen molar-refractivity contribution in [3.05, 3.63) is 76.9 Å². The van der Waals surface area contributed by atoms with Gasteiger partial charge in [-0.25, -0.2) is 4.98 Å². The predicted molar refractivity (Wildman–Crippen MR) is 99.4 cm³/mol. The lowest BCUT2D eigenvalue weighted by Crippen LogP contribution is -2.30. The van der Waals surface area contributed by atoms with Crippen molar-refractivity contribution in [2.45, 2.75) is 12.5 Å². The van der Waals surface area contributed by atoms with Crippen LogP contribution in [0.1, 0.15) is 23.0 Å². The van der Waals surface area contributed by atoms with E-state index in [0.717, 1.165) is 23.7 Å². The van der Waals surface area contributed by atoms with Crippen molar-refractivity contribution in [3.8, 4) is 10.6 Å². The van der Waals surface area contributed by atoms with Crippen LogP contribution < -0.4 is 5.32 Å². The second-order valence-electron chi connectivity index (χ2n) is 6.14. The number of H-pyrrole nitrogens is 1. The molecule has 0 bridgehead atoms. The van der Waals surface area contributed by atoms with Crippen LogP contribution in [0, 0.1) is 0 Å². The first-order valence-corrected chi connectivity index (χ1v) is 9.12. The van der Waals surface area contributed by atoms with Crippen LogP contribution in [0.4, 0.5) is 0 Å². The van der Waals surface area contributed by atoms with Gasteiger partial charge in [0.05, 0.1) is 11.7 Å². The molecule has 118 valence electrons. The summed E-state index contributed by atoms with van der Waals surface area (Å²) in [5, 5.41) is 8.24. The fourth-order valence-electron chi connectivity index (χ4n) is 3.56. The largest absolute Gasteiger partial charge is 0.357 e. The van der Waals surface area contributed by atoms with Crippen molar-refractivity contribution in [2.75, 3.05) is 6.54 Å². The minimum absolute atomic E-state index is 0.148. The molecule has 0 amide bonds. The number of rotatable bonds is 2. The van der Waals surface area contributed by atoms with E-state index in [1.165, 1.54) is 27.7 Å². The maximum absolute atomic E-state index is 4.91. The van der Waals surface area contributed by atoms with Crippen molar-refractivity contribution in [1.82, 2.24) is 15.3 Å². The zero-order valence-corrected chi connectivity index (χ0v) is 13.9. The van der Waals surface area contributed by atoms with Crippen LogP contribution in [0.25, 0.3) is 21.5 Å². The molecule has 24 heavy (non-hydrogen) atoms. The van der Waals surface area contributed by atoms with Gasteiger partial charge in [-0.2, -0.15) is 0 Å². The van der Waals surface area contributed by atoms with Gasteiger partial charge in [0.25, 0.3) is 0 Å². The van der Waals surface area contributed by atoms with E-state index in [2.05, 4.69) is 64.2 Å². The highest BCUT2D eigenvalue weighted by molar-refractivity contribution is 7.13. The quantitative estimate of drug-likeness (QED) is 0.567. The van der Waals surface area contributed by atoms with E-state index < -0.39 is 0 Å². The maximum Gasteiger partial charge on any atom is 0.123 e. The van der Waals surface area contributed by atoms with Gasteiger partial charge in [-0.15, -0.1) is 11.3 Å². The third-order valence-electron chi connectivity index (χ3n) is 4.70. The molecule has 2 N–H and O–H groups in total. The maximum atomic E-state index is 4.91. The molecule has 3 nitrogen and oxygen atoms in total. The van der Waals surface area contributed by atoms with Gasteiger partial charge in [0.15, 0.2) is 0 Å². The molecule has 0 spiro atoms. The lowest BCUT2D eigenvalue weighted by atomic mass is 9.98. The number of thiazole rings is 1. The summed E-state index contributed by atoms with van der Waals surface area (Å²) in [7, 11) is 0. The SMILES string of the molecule is c1ccc(-c2nc(C3NCCc4c3[nH]c3ccccc43)cs2)cc1. The van der Waals surface area contributed by atoms with Crippen LogP contribution in [0.15, 0.2) is 60.0 Å². The number of hydrogen-bond donors (Lipinski definition) is 2. The van der Waals surface area contributed by atoms with Crippen LogP contribution in [0.3, 0.4) is 0 Å². The molecule has 0 fully saturated rings. The molecule has 1 unspecified atom stereocenters. The molecule has 4 heteroatoms. The minimum atomic E-state index is 0.148. The average molecular weight is 331 g/mol. The highest BCUT2D eigenvalue weighted by Gasteiger charge is 2.26. The van der Waals surface area contributed by atoms with Crippen LogP contribution in [-0.4, -0.2) is 16.5 Å². The zero-order chi connectivity index (χ0) is 15.9. The van der Waals surface area contributed by atoms with E-state index in [1.54, 1.807) is 11.3 Å². The third-order valence-corrected chi connectivity index (χ3v) is 5.61. The summed E-state index contributed by atoms with van der Waals surface area (Å²) in [4.78, 5) is 8.53. The first-order chi connectivity index (χ1) is 11.9. The molecular formula is C20H17N3S. The molecule has 4 aromatic rings. The van der Waals surface area contributed by atoms with Gasteiger partial charge in [0.1, 0.15) is 5.01 Å². The Morgan fingerprint density at radius 2 is 1.83 bits per heavy atom. The smallest absolute Gasteiger partial charge is 0.123 e. The van der Waals surface area contributed by atoms with Crippen LogP contribution in [0.5, 0.6) is 0 Å². The Bertz CT molecular complexity index is 1000. The lowest BCUT2D eigenvalue weighted by Gasteiger charge is -2.23. The Balaban J connectivity index is 1.59. The van der Waals surface area contributed by atoms with Gasteiger partial charge in [0.2, 0.25) is 0 Å². The highest BCUT2D eigenvalue weighted by Crippen LogP contribution is 2.35. The number of benzene rings is 2. The van der Waals surface area contributed by atoms with Gasteiger partial charge in [0, 0.05) is 34.1 Å². The molecule has 0 saturated carbocycles. The Morgan fingerprint density at radius 1 is 1.00 bits per heavy atom. The number of nitrogens with zero attached hydrogens (tertiary/aromatic N) is 1. The predicted octanol–water partition coefficient (Wildman–Crippen LogP) is 4.53. The molecule has 0 aliphatic carbocycles. The Labute approximate surface area is 144 Å². The van der Waals surface area contributed by atoms with Crippen LogP contribution in [-0.2, 0) is 6.42 Å². The molecule has 1 aliphatic heterocycles. The fourth-order valence-corrected chi connectivity index (χ4v) is 4.42. The van der Waals surface area contributed by atoms with E-state index in [4.69, 9.17) is 4.98 Å². The second kappa shape index (κ2) is 5.58. The fraction of sp³-hybridized carbons (Fsp3) is 0.150. The summed E-state index contributed by atoms with van der Waals surface area (Å²) in [6.45, 7) is 0.984. The van der Waals surface area contributed by atoms with E-state index in [1.807, 2.05) is 6.07 Å². The van der Waals surface area contributed by atoms with Gasteiger partial charge < -0.3 is 10.3 Å². The minimum Gasteiger partial charge on any atom is -0.357 e. The molecule has 0 saturated heterocycles. The second-order valence-corrected chi connectivity index (χ2v) is 7.00. The summed E-state index contributed by atoms with van der Waals surface area (Å²) in [5.41, 5.74) is 6.21. The summed E-state index contributed by atoms with van der Waals surface area (Å²) in [5.74, 6) is 0. The standard InChI is InChI=1S/C20H17N3S/c1-2-6-13(7-3-1)20-23-17(12-24-20)19-18-15(10-11-21-19)14-8-4-5-9-16(14)22-18/h1-9,12,19,21-22H,10-11H2. The van der Waals surface area contributed by atoms with E-state index >= 15 is 0 Å². The van der Waals surface area contributed by atoms with E-state index in [-0.39, 0.29) is 6.04 Å². The molecule has 1 aliphatic rings. The number of aromatic amines is 1. The van der Waals surface area contributed by atoms with Gasteiger partial charge in [-0.05, 0) is 18.1 Å². The Kier molecular flexibility index (Phi) is 3.25. The van der Waals surface area contributed by atoms with Crippen LogP contribution in [0.2, 0.25) is 0 Å². The molecule has 1 atom stereocenters. The number of hydrogen-bond acceptors (Lipinski definition) is 3. The number of para-hydroxylation sites is 1. The Hall–Kier alpha value is -2.43. The summed E-state index contributed by atoms with van der Waals surface area (Å²) in [6, 6.07) is 19.1. The molecule has 3 heterocycles. The highest BCUT2D eigenvalue weighted by atomic mass is 32.1. The molecule has 0 radical (unpaired) electrons. The molecular weight excluding hydrogens is 314 g/mol. The topological polar surface area (TPSA) is 40.7 Å². The summed E-state index contributed by atoms with van der Waals surface area (Å²) >= 11 is 1.71. The normalized spacial score (nSPS) is 17.1.